The van der Waals surface area contributed by atoms with Gasteiger partial charge in [-0.25, -0.2) is 4.79 Å². The van der Waals surface area contributed by atoms with Crippen LogP contribution >= 0.6 is 0 Å². The third-order valence-corrected chi connectivity index (χ3v) is 2.60. The summed E-state index contributed by atoms with van der Waals surface area (Å²) in [4.78, 5) is 15.2. The summed E-state index contributed by atoms with van der Waals surface area (Å²) in [6.07, 6.45) is 0.268. The van der Waals surface area contributed by atoms with Gasteiger partial charge in [-0.1, -0.05) is 19.0 Å². The molecule has 2 aromatic rings. The van der Waals surface area contributed by atoms with Crippen LogP contribution in [0.3, 0.4) is 0 Å². The molecule has 2 aromatic heterocycles. The average molecular weight is 250 g/mol. The Morgan fingerprint density at radius 2 is 2.22 bits per heavy atom. The van der Waals surface area contributed by atoms with Crippen molar-refractivity contribution in [2.75, 3.05) is 0 Å². The number of carboxylic acids is 1. The van der Waals surface area contributed by atoms with Crippen molar-refractivity contribution < 1.29 is 14.4 Å². The van der Waals surface area contributed by atoms with Crippen LogP contribution in [0.2, 0.25) is 0 Å². The zero-order valence-electron chi connectivity index (χ0n) is 10.4. The third-order valence-electron chi connectivity index (χ3n) is 2.60. The van der Waals surface area contributed by atoms with Gasteiger partial charge in [0, 0.05) is 17.2 Å². The maximum Gasteiger partial charge on any atom is 0.356 e. The zero-order valence-corrected chi connectivity index (χ0v) is 10.4. The Labute approximate surface area is 103 Å². The van der Waals surface area contributed by atoms with E-state index in [1.54, 1.807) is 6.92 Å². The van der Waals surface area contributed by atoms with Crippen LogP contribution in [0, 0.1) is 6.92 Å². The lowest BCUT2D eigenvalue weighted by Gasteiger charge is -1.96. The number of aromatic amines is 1. The number of aromatic carboxylic acids is 1. The molecule has 7 nitrogen and oxygen atoms in total. The number of H-pyrrole nitrogens is 1. The summed E-state index contributed by atoms with van der Waals surface area (Å²) in [6.45, 7) is 5.68. The van der Waals surface area contributed by atoms with Gasteiger partial charge in [-0.2, -0.15) is 10.1 Å². The molecule has 0 fully saturated rings. The van der Waals surface area contributed by atoms with Crippen LogP contribution in [-0.2, 0) is 6.42 Å². The van der Waals surface area contributed by atoms with Crippen LogP contribution in [-0.4, -0.2) is 31.4 Å². The van der Waals surface area contributed by atoms with Gasteiger partial charge in [0.05, 0.1) is 6.42 Å². The van der Waals surface area contributed by atoms with Gasteiger partial charge in [-0.15, -0.1) is 0 Å². The van der Waals surface area contributed by atoms with E-state index in [1.807, 2.05) is 13.8 Å². The Morgan fingerprint density at radius 1 is 1.50 bits per heavy atom. The number of hydrogen-bond acceptors (Lipinski definition) is 5. The molecule has 0 saturated heterocycles. The minimum absolute atomic E-state index is 0.00297. The lowest BCUT2D eigenvalue weighted by Crippen LogP contribution is -2.03. The number of carboxylic acid groups (broad SMARTS) is 1. The molecule has 0 aromatic carbocycles. The first-order valence-electron chi connectivity index (χ1n) is 5.58. The van der Waals surface area contributed by atoms with Crippen molar-refractivity contribution in [2.24, 2.45) is 0 Å². The van der Waals surface area contributed by atoms with E-state index in [4.69, 9.17) is 9.63 Å². The van der Waals surface area contributed by atoms with E-state index < -0.39 is 5.97 Å². The van der Waals surface area contributed by atoms with Crippen LogP contribution in [0.15, 0.2) is 4.52 Å². The summed E-state index contributed by atoms with van der Waals surface area (Å²) in [5.41, 5.74) is 1.26. The highest BCUT2D eigenvalue weighted by Gasteiger charge is 2.19. The van der Waals surface area contributed by atoms with Crippen molar-refractivity contribution in [1.82, 2.24) is 20.3 Å². The fraction of sp³-hybridized carbons (Fsp3) is 0.455. The minimum atomic E-state index is -1.07. The molecular formula is C11H14N4O3. The number of hydrogen-bond donors (Lipinski definition) is 2. The quantitative estimate of drug-likeness (QED) is 0.852. The van der Waals surface area contributed by atoms with Gasteiger partial charge in [-0.05, 0) is 6.92 Å². The topological polar surface area (TPSA) is 105 Å². The summed E-state index contributed by atoms with van der Waals surface area (Å²) in [6, 6.07) is 0. The van der Waals surface area contributed by atoms with E-state index in [2.05, 4.69) is 20.3 Å². The van der Waals surface area contributed by atoms with Crippen LogP contribution in [0.4, 0.5) is 0 Å². The fourth-order valence-electron chi connectivity index (χ4n) is 1.57. The first kappa shape index (κ1) is 12.3. The molecule has 2 rings (SSSR count). The van der Waals surface area contributed by atoms with E-state index in [0.29, 0.717) is 23.0 Å². The average Bonchev–Trinajstić information content (AvgIpc) is 2.88. The molecule has 0 saturated carbocycles. The molecule has 0 amide bonds. The number of carbonyl (C=O) groups is 1. The highest BCUT2D eigenvalue weighted by molar-refractivity contribution is 5.87. The van der Waals surface area contributed by atoms with E-state index in [0.717, 1.165) is 0 Å². The number of aromatic nitrogens is 4. The molecule has 0 spiro atoms. The van der Waals surface area contributed by atoms with Crippen molar-refractivity contribution >= 4 is 5.97 Å². The summed E-state index contributed by atoms with van der Waals surface area (Å²) < 4.78 is 5.09. The van der Waals surface area contributed by atoms with Gasteiger partial charge in [0.1, 0.15) is 0 Å². The monoisotopic (exact) mass is 250 g/mol. The Morgan fingerprint density at radius 3 is 2.78 bits per heavy atom. The molecule has 0 radical (unpaired) electrons. The van der Waals surface area contributed by atoms with Crippen LogP contribution in [0.25, 0.3) is 0 Å². The Balaban J connectivity index is 2.28. The molecule has 0 unspecified atom stereocenters. The SMILES string of the molecule is Cc1[nH]nc(C(=O)O)c1Cc1nc(C(C)C)no1. The lowest BCUT2D eigenvalue weighted by atomic mass is 10.1. The van der Waals surface area contributed by atoms with Crippen LogP contribution < -0.4 is 0 Å². The van der Waals surface area contributed by atoms with Crippen molar-refractivity contribution in [1.29, 1.82) is 0 Å². The molecule has 0 aliphatic heterocycles. The van der Waals surface area contributed by atoms with Gasteiger partial charge in [0.25, 0.3) is 0 Å². The lowest BCUT2D eigenvalue weighted by molar-refractivity contribution is 0.0689. The summed E-state index contributed by atoms with van der Waals surface area (Å²) in [5.74, 6) is 0.110. The van der Waals surface area contributed by atoms with Gasteiger partial charge >= 0.3 is 5.97 Å². The summed E-state index contributed by atoms with van der Waals surface area (Å²) in [5, 5.41) is 19.2. The standard InChI is InChI=1S/C11H14N4O3/c1-5(2)10-12-8(18-15-10)4-7-6(3)13-14-9(7)11(16)17/h5H,4H2,1-3H3,(H,13,14)(H,16,17). The molecule has 2 N–H and O–H groups in total. The Bertz CT molecular complexity index is 571. The van der Waals surface area contributed by atoms with E-state index in [-0.39, 0.29) is 18.0 Å². The molecule has 0 aliphatic rings. The minimum Gasteiger partial charge on any atom is -0.476 e. The number of nitrogens with zero attached hydrogens (tertiary/aromatic N) is 3. The number of nitrogens with one attached hydrogen (secondary N) is 1. The Kier molecular flexibility index (Phi) is 3.14. The Hall–Kier alpha value is -2.18. The maximum atomic E-state index is 11.0. The third kappa shape index (κ3) is 2.24. The van der Waals surface area contributed by atoms with Crippen molar-refractivity contribution in [3.63, 3.8) is 0 Å². The predicted molar refractivity (Wildman–Crippen MR) is 61.5 cm³/mol. The van der Waals surface area contributed by atoms with E-state index >= 15 is 0 Å². The van der Waals surface area contributed by atoms with Crippen molar-refractivity contribution in [3.05, 3.63) is 28.7 Å². The molecule has 18 heavy (non-hydrogen) atoms. The van der Waals surface area contributed by atoms with Crippen LogP contribution in [0.1, 0.15) is 53.2 Å². The smallest absolute Gasteiger partial charge is 0.356 e. The van der Waals surface area contributed by atoms with Crippen molar-refractivity contribution in [2.45, 2.75) is 33.1 Å². The second-order valence-electron chi connectivity index (χ2n) is 4.36. The number of aryl methyl sites for hydroxylation is 1. The van der Waals surface area contributed by atoms with Gasteiger partial charge in [0.2, 0.25) is 5.89 Å². The first-order valence-corrected chi connectivity index (χ1v) is 5.58. The van der Waals surface area contributed by atoms with Gasteiger partial charge < -0.3 is 9.63 Å². The highest BCUT2D eigenvalue weighted by atomic mass is 16.5. The summed E-state index contributed by atoms with van der Waals surface area (Å²) >= 11 is 0. The molecule has 0 aliphatic carbocycles. The van der Waals surface area contributed by atoms with Gasteiger partial charge in [0.15, 0.2) is 11.5 Å². The largest absolute Gasteiger partial charge is 0.476 e. The molecule has 2 heterocycles. The van der Waals surface area contributed by atoms with Gasteiger partial charge in [-0.3, -0.25) is 5.10 Å². The van der Waals surface area contributed by atoms with Crippen molar-refractivity contribution in [3.8, 4) is 0 Å². The second-order valence-corrected chi connectivity index (χ2v) is 4.36. The van der Waals surface area contributed by atoms with E-state index in [9.17, 15) is 4.79 Å². The predicted octanol–water partition coefficient (Wildman–Crippen LogP) is 1.51. The zero-order chi connectivity index (χ0) is 13.3. The fourth-order valence-corrected chi connectivity index (χ4v) is 1.57. The first-order chi connectivity index (χ1) is 8.49. The number of rotatable bonds is 4. The molecule has 0 bridgehead atoms. The molecule has 7 heteroatoms. The van der Waals surface area contributed by atoms with E-state index in [1.165, 1.54) is 0 Å². The normalized spacial score (nSPS) is 11.1. The second kappa shape index (κ2) is 4.59. The molecular weight excluding hydrogens is 236 g/mol. The van der Waals surface area contributed by atoms with Crippen LogP contribution in [0.5, 0.6) is 0 Å². The highest BCUT2D eigenvalue weighted by Crippen LogP contribution is 2.17. The molecule has 0 atom stereocenters. The summed E-state index contributed by atoms with van der Waals surface area (Å²) in [7, 11) is 0. The maximum absolute atomic E-state index is 11.0. The molecule has 96 valence electrons.